The van der Waals surface area contributed by atoms with Gasteiger partial charge in [-0.25, -0.2) is 17.9 Å². The van der Waals surface area contributed by atoms with E-state index < -0.39 is 28.0 Å². The van der Waals surface area contributed by atoms with Crippen molar-refractivity contribution in [1.29, 1.82) is 0 Å². The summed E-state index contributed by atoms with van der Waals surface area (Å²) < 4.78 is 25.6. The van der Waals surface area contributed by atoms with E-state index in [1.165, 1.54) is 12.1 Å². The number of carbonyl (C=O) groups is 2. The number of β-lactam (4-membered cyclic amide) rings is 1. The third kappa shape index (κ3) is 2.59. The lowest BCUT2D eigenvalue weighted by Gasteiger charge is -2.33. The van der Waals surface area contributed by atoms with Gasteiger partial charge >= 0.3 is 6.03 Å². The summed E-state index contributed by atoms with van der Waals surface area (Å²) in [5.41, 5.74) is 6.22. The van der Waals surface area contributed by atoms with Crippen LogP contribution in [0.15, 0.2) is 29.2 Å². The molecule has 0 saturated carbocycles. The largest absolute Gasteiger partial charge is 0.338 e. The van der Waals surface area contributed by atoms with Gasteiger partial charge in [-0.3, -0.25) is 9.69 Å². The number of benzene rings is 1. The molecule has 1 unspecified atom stereocenters. The van der Waals surface area contributed by atoms with Crippen molar-refractivity contribution >= 4 is 22.0 Å². The fraction of sp³-hybridized carbons (Fsp3) is 0.273. The Kier molecular flexibility index (Phi) is 3.29. The van der Waals surface area contributed by atoms with Crippen LogP contribution >= 0.6 is 0 Å². The number of urea groups is 1. The number of nitrogens with two attached hydrogens (primary N) is 1. The molecule has 102 valence electrons. The van der Waals surface area contributed by atoms with Gasteiger partial charge in [0.05, 0.1) is 11.4 Å². The summed E-state index contributed by atoms with van der Waals surface area (Å²) in [5, 5.41) is 0. The van der Waals surface area contributed by atoms with Crippen LogP contribution in [-0.4, -0.2) is 37.8 Å². The molecule has 0 radical (unpaired) electrons. The lowest BCUT2D eigenvalue weighted by molar-refractivity contribution is -0.137. The van der Waals surface area contributed by atoms with Crippen LogP contribution in [0.5, 0.6) is 0 Å². The molecule has 1 fully saturated rings. The molecule has 0 aromatic heterocycles. The van der Waals surface area contributed by atoms with Crippen molar-refractivity contribution < 1.29 is 18.0 Å². The molecule has 1 saturated heterocycles. The maximum atomic E-state index is 11.9. The minimum absolute atomic E-state index is 0.0219. The summed E-state index contributed by atoms with van der Waals surface area (Å²) in [6.07, 6.45) is 0. The molecule has 3 amide bonds. The Morgan fingerprint density at radius 2 is 1.95 bits per heavy atom. The zero-order valence-corrected chi connectivity index (χ0v) is 11.0. The normalized spacial score (nSPS) is 18.9. The van der Waals surface area contributed by atoms with E-state index in [4.69, 9.17) is 5.73 Å². The van der Waals surface area contributed by atoms with E-state index in [1.807, 2.05) is 11.6 Å². The van der Waals surface area contributed by atoms with Gasteiger partial charge in [0.2, 0.25) is 5.91 Å². The highest BCUT2D eigenvalue weighted by Gasteiger charge is 2.39. The van der Waals surface area contributed by atoms with Crippen molar-refractivity contribution in [2.75, 3.05) is 6.54 Å². The fourth-order valence-corrected chi connectivity index (χ4v) is 2.53. The quantitative estimate of drug-likeness (QED) is 0.715. The Hall–Kier alpha value is -1.93. The SMILES string of the molecule is Cc1ccc(S(=O)(=O)NC(=O)N2CC(N)C2=O)cc1. The smallest absolute Gasteiger partial charge is 0.318 e. The number of imide groups is 1. The highest BCUT2D eigenvalue weighted by Crippen LogP contribution is 2.12. The van der Waals surface area contributed by atoms with E-state index in [2.05, 4.69) is 0 Å². The van der Waals surface area contributed by atoms with Crippen LogP contribution in [0.3, 0.4) is 0 Å². The molecule has 0 aliphatic carbocycles. The van der Waals surface area contributed by atoms with Crippen molar-refractivity contribution in [3.05, 3.63) is 29.8 Å². The zero-order chi connectivity index (χ0) is 14.2. The van der Waals surface area contributed by atoms with Crippen molar-refractivity contribution in [3.8, 4) is 0 Å². The molecule has 0 spiro atoms. The molecular formula is C11H13N3O4S. The molecule has 1 heterocycles. The number of aryl methyl sites for hydroxylation is 1. The predicted molar refractivity (Wildman–Crippen MR) is 66.6 cm³/mol. The molecule has 1 aromatic carbocycles. The first-order valence-corrected chi connectivity index (χ1v) is 7.00. The van der Waals surface area contributed by atoms with Crippen molar-refractivity contribution in [2.24, 2.45) is 5.73 Å². The molecule has 1 aromatic rings. The molecule has 19 heavy (non-hydrogen) atoms. The number of hydrogen-bond donors (Lipinski definition) is 2. The Bertz CT molecular complexity index is 624. The Labute approximate surface area is 110 Å². The first-order valence-electron chi connectivity index (χ1n) is 5.51. The van der Waals surface area contributed by atoms with Crippen LogP contribution in [0.4, 0.5) is 4.79 Å². The molecule has 0 bridgehead atoms. The summed E-state index contributed by atoms with van der Waals surface area (Å²) in [6, 6.07) is 4.29. The monoisotopic (exact) mass is 283 g/mol. The first-order chi connectivity index (χ1) is 8.81. The van der Waals surface area contributed by atoms with E-state index >= 15 is 0 Å². The number of nitrogens with one attached hydrogen (secondary N) is 1. The Balaban J connectivity index is 2.12. The van der Waals surface area contributed by atoms with Gasteiger partial charge < -0.3 is 5.73 Å². The summed E-state index contributed by atoms with van der Waals surface area (Å²) in [5.74, 6) is -0.586. The number of rotatable bonds is 2. The standard InChI is InChI=1S/C11H13N3O4S/c1-7-2-4-8(5-3-7)19(17,18)13-11(16)14-6-9(12)10(14)15/h2-5,9H,6,12H2,1H3,(H,13,16). The summed E-state index contributed by atoms with van der Waals surface area (Å²) >= 11 is 0. The highest BCUT2D eigenvalue weighted by atomic mass is 32.2. The maximum absolute atomic E-state index is 11.9. The molecule has 2 rings (SSSR count). The maximum Gasteiger partial charge on any atom is 0.338 e. The van der Waals surface area contributed by atoms with Gasteiger partial charge in [0.1, 0.15) is 6.04 Å². The molecule has 1 aliphatic heterocycles. The summed E-state index contributed by atoms with van der Waals surface area (Å²) in [6.45, 7) is 1.84. The molecule has 3 N–H and O–H groups in total. The molecule has 8 heteroatoms. The van der Waals surface area contributed by atoms with Gasteiger partial charge in [-0.1, -0.05) is 17.7 Å². The van der Waals surface area contributed by atoms with Gasteiger partial charge in [0.25, 0.3) is 10.0 Å². The van der Waals surface area contributed by atoms with Crippen LogP contribution < -0.4 is 10.5 Å². The summed E-state index contributed by atoms with van der Waals surface area (Å²) in [7, 11) is -3.97. The number of amides is 3. The Morgan fingerprint density at radius 3 is 2.42 bits per heavy atom. The fourth-order valence-electron chi connectivity index (χ4n) is 1.58. The zero-order valence-electron chi connectivity index (χ0n) is 10.2. The van der Waals surface area contributed by atoms with Crippen LogP contribution in [0.25, 0.3) is 0 Å². The van der Waals surface area contributed by atoms with Crippen LogP contribution in [-0.2, 0) is 14.8 Å². The minimum Gasteiger partial charge on any atom is -0.318 e. The van der Waals surface area contributed by atoms with Crippen molar-refractivity contribution in [1.82, 2.24) is 9.62 Å². The van der Waals surface area contributed by atoms with Gasteiger partial charge in [0.15, 0.2) is 0 Å². The van der Waals surface area contributed by atoms with Gasteiger partial charge in [0, 0.05) is 0 Å². The van der Waals surface area contributed by atoms with Gasteiger partial charge in [-0.15, -0.1) is 0 Å². The van der Waals surface area contributed by atoms with Crippen molar-refractivity contribution in [3.63, 3.8) is 0 Å². The first kappa shape index (κ1) is 13.5. The topological polar surface area (TPSA) is 110 Å². The summed E-state index contributed by atoms with van der Waals surface area (Å²) in [4.78, 5) is 23.5. The molecule has 7 nitrogen and oxygen atoms in total. The lowest BCUT2D eigenvalue weighted by Crippen LogP contribution is -2.65. The molecule has 1 aliphatic rings. The number of hydrogen-bond acceptors (Lipinski definition) is 5. The molecular weight excluding hydrogens is 270 g/mol. The van der Waals surface area contributed by atoms with Crippen LogP contribution in [0.2, 0.25) is 0 Å². The second-order valence-corrected chi connectivity index (χ2v) is 5.96. The van der Waals surface area contributed by atoms with E-state index in [0.29, 0.717) is 0 Å². The number of sulfonamides is 1. The van der Waals surface area contributed by atoms with Crippen molar-refractivity contribution in [2.45, 2.75) is 17.9 Å². The number of likely N-dealkylation sites (tertiary alicyclic amines) is 1. The van der Waals surface area contributed by atoms with E-state index in [9.17, 15) is 18.0 Å². The van der Waals surface area contributed by atoms with Gasteiger partial charge in [-0.2, -0.15) is 0 Å². The minimum atomic E-state index is -3.97. The van der Waals surface area contributed by atoms with Crippen LogP contribution in [0, 0.1) is 6.92 Å². The van der Waals surface area contributed by atoms with E-state index in [1.54, 1.807) is 12.1 Å². The Morgan fingerprint density at radius 1 is 1.37 bits per heavy atom. The predicted octanol–water partition coefficient (Wildman–Crippen LogP) is -0.437. The second-order valence-electron chi connectivity index (χ2n) is 4.28. The van der Waals surface area contributed by atoms with E-state index in [0.717, 1.165) is 10.5 Å². The molecule has 1 atom stereocenters. The highest BCUT2D eigenvalue weighted by molar-refractivity contribution is 7.90. The third-order valence-corrected chi connectivity index (χ3v) is 4.10. The average Bonchev–Trinajstić information content (AvgIpc) is 2.35. The average molecular weight is 283 g/mol. The number of nitrogens with zero attached hydrogens (tertiary/aromatic N) is 1. The second kappa shape index (κ2) is 4.63. The third-order valence-electron chi connectivity index (χ3n) is 2.76. The van der Waals surface area contributed by atoms with Crippen LogP contribution in [0.1, 0.15) is 5.56 Å². The van der Waals surface area contributed by atoms with Gasteiger partial charge in [-0.05, 0) is 19.1 Å². The number of carbonyl (C=O) groups excluding carboxylic acids is 2. The van der Waals surface area contributed by atoms with E-state index in [-0.39, 0.29) is 11.4 Å². The lowest BCUT2D eigenvalue weighted by atomic mass is 10.1.